The summed E-state index contributed by atoms with van der Waals surface area (Å²) in [4.78, 5) is 10.2. The van der Waals surface area contributed by atoms with Gasteiger partial charge in [-0.1, -0.05) is 66.7 Å². The van der Waals surface area contributed by atoms with Crippen molar-refractivity contribution < 1.29 is 42.6 Å². The van der Waals surface area contributed by atoms with Gasteiger partial charge in [-0.25, -0.2) is 4.57 Å². The Bertz CT molecular complexity index is 1300. The number of hydrogen-bond donors (Lipinski definition) is 3. The van der Waals surface area contributed by atoms with Crippen molar-refractivity contribution in [2.24, 2.45) is 5.73 Å². The molecular formula is C28H33BNO9PS. The zero-order valence-corrected chi connectivity index (χ0v) is 24.6. The van der Waals surface area contributed by atoms with Crippen LogP contribution >= 0.6 is 20.0 Å². The fourth-order valence-corrected chi connectivity index (χ4v) is 5.73. The van der Waals surface area contributed by atoms with Crippen molar-refractivity contribution in [3.8, 4) is 5.75 Å². The smallest absolute Gasteiger partial charge is 0.472 e. The van der Waals surface area contributed by atoms with Crippen molar-refractivity contribution in [3.63, 3.8) is 0 Å². The Hall–Kier alpha value is -2.80. The van der Waals surface area contributed by atoms with Gasteiger partial charge in [-0.3, -0.25) is 9.05 Å². The van der Waals surface area contributed by atoms with Crippen molar-refractivity contribution in [2.45, 2.75) is 36.5 Å². The van der Waals surface area contributed by atoms with Gasteiger partial charge >= 0.3 is 7.82 Å². The lowest BCUT2D eigenvalue weighted by Gasteiger charge is -2.37. The first-order valence-electron chi connectivity index (χ1n) is 12.9. The molecule has 1 heterocycles. The number of rotatable bonds is 12. The lowest BCUT2D eigenvalue weighted by atomic mass is 9.79. The first-order chi connectivity index (χ1) is 19.6. The van der Waals surface area contributed by atoms with E-state index in [9.17, 15) is 14.6 Å². The van der Waals surface area contributed by atoms with E-state index in [4.69, 9.17) is 41.4 Å². The maximum absolute atomic E-state index is 12.5. The summed E-state index contributed by atoms with van der Waals surface area (Å²) in [5.74, 6) is 0.670. The van der Waals surface area contributed by atoms with Gasteiger partial charge in [0.2, 0.25) is 0 Å². The summed E-state index contributed by atoms with van der Waals surface area (Å²) in [5.41, 5.74) is 7.56. The van der Waals surface area contributed by atoms with Crippen LogP contribution in [0.5, 0.6) is 5.75 Å². The second kappa shape index (κ2) is 13.5. The average Bonchev–Trinajstić information content (AvgIpc) is 3.26. The number of benzene rings is 3. The summed E-state index contributed by atoms with van der Waals surface area (Å²) in [7, 11) is -0.0875. The third-order valence-electron chi connectivity index (χ3n) is 6.96. The molecule has 218 valence electrons. The molecule has 4 N–H and O–H groups in total. The van der Waals surface area contributed by atoms with Gasteiger partial charge in [0.25, 0.3) is 5.17 Å². The Balaban J connectivity index is 1.81. The average molecular weight is 601 g/mol. The summed E-state index contributed by atoms with van der Waals surface area (Å²) >= 11 is 4.93. The standard InChI is InChI=1S/C28H33BNO9PS/c1-34-22-14-12-21(13-15-22)28(19-6-4-3-5-7-19,20-10-8-18(16-31)9-11-20)36-17-23-24(39-40(32,33)35-2)25(26(29)37-23)38-27(30)41/h3-15,23-26,31H,16-17,29H2,1-2H3,(H2,30,41)(H,32,33)/t23-,24?,25?,26-,28?/m1/s1. The molecule has 3 aromatic rings. The molecule has 0 saturated carbocycles. The predicted octanol–water partition coefficient (Wildman–Crippen LogP) is 2.61. The zero-order chi connectivity index (χ0) is 29.6. The molecule has 3 aromatic carbocycles. The fraction of sp³-hybridized carbons (Fsp3) is 0.321. The van der Waals surface area contributed by atoms with Crippen LogP contribution in [0.25, 0.3) is 0 Å². The van der Waals surface area contributed by atoms with Crippen LogP contribution in [0.1, 0.15) is 22.3 Å². The Morgan fingerprint density at radius 3 is 2.12 bits per heavy atom. The zero-order valence-electron chi connectivity index (χ0n) is 22.9. The Kier molecular flexibility index (Phi) is 10.2. The Labute approximate surface area is 245 Å². The summed E-state index contributed by atoms with van der Waals surface area (Å²) in [6, 6.07) is 23.9. The van der Waals surface area contributed by atoms with Gasteiger partial charge in [0, 0.05) is 7.11 Å². The minimum Gasteiger partial charge on any atom is -0.497 e. The molecule has 4 rings (SSSR count). The van der Waals surface area contributed by atoms with Gasteiger partial charge in [-0.2, -0.15) is 0 Å². The molecule has 13 heteroatoms. The van der Waals surface area contributed by atoms with Crippen LogP contribution < -0.4 is 10.5 Å². The highest BCUT2D eigenvalue weighted by atomic mass is 32.1. The van der Waals surface area contributed by atoms with E-state index in [1.807, 2.05) is 78.9 Å². The maximum atomic E-state index is 12.5. The van der Waals surface area contributed by atoms with Crippen molar-refractivity contribution in [1.82, 2.24) is 0 Å². The fourth-order valence-electron chi connectivity index (χ4n) is 4.97. The highest BCUT2D eigenvalue weighted by Gasteiger charge is 2.50. The molecule has 1 aliphatic heterocycles. The molecule has 1 aliphatic rings. The van der Waals surface area contributed by atoms with Gasteiger partial charge in [0.15, 0.2) is 0 Å². The molecule has 4 unspecified atom stereocenters. The minimum atomic E-state index is -4.46. The van der Waals surface area contributed by atoms with Gasteiger partial charge < -0.3 is 34.7 Å². The Morgan fingerprint density at radius 1 is 1.00 bits per heavy atom. The highest BCUT2D eigenvalue weighted by Crippen LogP contribution is 2.47. The number of ether oxygens (including phenoxy) is 4. The largest absolute Gasteiger partial charge is 0.497 e. The first kappa shape index (κ1) is 31.1. The van der Waals surface area contributed by atoms with Crippen molar-refractivity contribution in [1.29, 1.82) is 0 Å². The van der Waals surface area contributed by atoms with Gasteiger partial charge in [-0.15, -0.1) is 0 Å². The molecule has 41 heavy (non-hydrogen) atoms. The van der Waals surface area contributed by atoms with Crippen molar-refractivity contribution >= 4 is 33.1 Å². The second-order valence-corrected chi connectivity index (χ2v) is 11.4. The second-order valence-electron chi connectivity index (χ2n) is 9.44. The number of methoxy groups -OCH3 is 1. The van der Waals surface area contributed by atoms with Crippen molar-refractivity contribution in [2.75, 3.05) is 20.8 Å². The number of aliphatic hydroxyl groups is 1. The lowest BCUT2D eigenvalue weighted by molar-refractivity contribution is -0.0742. The number of phosphoric ester groups is 1. The number of aliphatic hydroxyl groups excluding tert-OH is 1. The topological polar surface area (TPSA) is 139 Å². The monoisotopic (exact) mass is 601 g/mol. The van der Waals surface area contributed by atoms with E-state index in [0.29, 0.717) is 5.75 Å². The van der Waals surface area contributed by atoms with E-state index >= 15 is 0 Å². The van der Waals surface area contributed by atoms with E-state index < -0.39 is 37.7 Å². The third-order valence-corrected chi connectivity index (χ3v) is 8.03. The van der Waals surface area contributed by atoms with Crippen LogP contribution in [0, 0.1) is 0 Å². The van der Waals surface area contributed by atoms with E-state index in [-0.39, 0.29) is 18.4 Å². The van der Waals surface area contributed by atoms with Gasteiger partial charge in [0.05, 0.1) is 26.3 Å². The van der Waals surface area contributed by atoms with Crippen LogP contribution in [0.4, 0.5) is 0 Å². The summed E-state index contributed by atoms with van der Waals surface area (Å²) in [6.45, 7) is -0.210. The highest BCUT2D eigenvalue weighted by molar-refractivity contribution is 7.80. The third kappa shape index (κ3) is 6.99. The SMILES string of the molecule is B[C@@H]1O[C@H](COC(c2ccccc2)(c2ccc(CO)cc2)c2ccc(OC)cc2)C(OP(=O)(O)OC)C1OC(N)=S. The molecule has 0 aromatic heterocycles. The Morgan fingerprint density at radius 2 is 1.59 bits per heavy atom. The molecule has 0 aliphatic carbocycles. The lowest BCUT2D eigenvalue weighted by Crippen LogP contribution is -2.42. The van der Waals surface area contributed by atoms with Gasteiger partial charge in [-0.05, 0) is 46.6 Å². The first-order valence-corrected chi connectivity index (χ1v) is 14.8. The van der Waals surface area contributed by atoms with E-state index in [1.165, 1.54) is 0 Å². The predicted molar refractivity (Wildman–Crippen MR) is 158 cm³/mol. The number of hydrogen-bond acceptors (Lipinski definition) is 9. The number of thiocarbonyl (C=S) groups is 1. The molecule has 0 radical (unpaired) electrons. The van der Waals surface area contributed by atoms with Crippen LogP contribution in [0.2, 0.25) is 0 Å². The van der Waals surface area contributed by atoms with E-state index in [1.54, 1.807) is 15.0 Å². The van der Waals surface area contributed by atoms with Crippen molar-refractivity contribution in [3.05, 3.63) is 101 Å². The molecular weight excluding hydrogens is 568 g/mol. The van der Waals surface area contributed by atoms with Gasteiger partial charge in [0.1, 0.15) is 37.5 Å². The van der Waals surface area contributed by atoms with Crippen LogP contribution in [-0.2, 0) is 40.0 Å². The number of phosphoric acid groups is 1. The molecule has 1 fully saturated rings. The normalized spacial score (nSPS) is 23.3. The summed E-state index contributed by atoms with van der Waals surface area (Å²) < 4.78 is 46.6. The van der Waals surface area contributed by atoms with E-state index in [0.717, 1.165) is 29.4 Å². The molecule has 0 amide bonds. The van der Waals surface area contributed by atoms with Crippen LogP contribution in [0.15, 0.2) is 78.9 Å². The molecule has 1 saturated heterocycles. The summed E-state index contributed by atoms with van der Waals surface area (Å²) in [6.07, 6.45) is -2.88. The minimum absolute atomic E-state index is 0.0986. The van der Waals surface area contributed by atoms with E-state index in [2.05, 4.69) is 4.52 Å². The molecule has 6 atom stereocenters. The molecule has 0 spiro atoms. The quantitative estimate of drug-likeness (QED) is 0.122. The number of nitrogens with two attached hydrogens (primary N) is 1. The summed E-state index contributed by atoms with van der Waals surface area (Å²) in [5, 5.41) is 9.41. The maximum Gasteiger partial charge on any atom is 0.472 e. The molecule has 0 bridgehead atoms. The van der Waals surface area contributed by atoms with Crippen LogP contribution in [0.3, 0.4) is 0 Å². The van der Waals surface area contributed by atoms with Crippen LogP contribution in [-0.4, -0.2) is 68.2 Å². The molecule has 10 nitrogen and oxygen atoms in total.